The fraction of sp³-hybridized carbons (Fsp3) is 0.737. The summed E-state index contributed by atoms with van der Waals surface area (Å²) in [6.45, 7) is 0.355. The van der Waals surface area contributed by atoms with Gasteiger partial charge < -0.3 is 10.2 Å². The van der Waals surface area contributed by atoms with Crippen molar-refractivity contribution in [2.45, 2.75) is 62.7 Å². The lowest BCUT2D eigenvalue weighted by Crippen LogP contribution is -2.58. The molecule has 8 nitrogen and oxygen atoms in total. The summed E-state index contributed by atoms with van der Waals surface area (Å²) in [5.41, 5.74) is 0. The van der Waals surface area contributed by atoms with Gasteiger partial charge in [0.1, 0.15) is 6.04 Å². The van der Waals surface area contributed by atoms with Crippen LogP contribution >= 0.6 is 11.3 Å². The molecule has 0 unspecified atom stereocenters. The molecule has 1 aromatic rings. The molecule has 2 aliphatic carbocycles. The minimum atomic E-state index is -3.38. The van der Waals surface area contributed by atoms with E-state index in [2.05, 4.69) is 10.3 Å². The second kappa shape index (κ2) is 8.69. The Hall–Kier alpha value is -1.52. The van der Waals surface area contributed by atoms with Crippen molar-refractivity contribution < 1.29 is 18.0 Å². The van der Waals surface area contributed by atoms with E-state index in [1.54, 1.807) is 16.5 Å². The number of nitrogens with one attached hydrogen (secondary N) is 1. The van der Waals surface area contributed by atoms with E-state index in [1.807, 2.05) is 0 Å². The maximum atomic E-state index is 13.1. The van der Waals surface area contributed by atoms with Gasteiger partial charge in [0.2, 0.25) is 21.8 Å². The Bertz CT molecular complexity index is 832. The van der Waals surface area contributed by atoms with Crippen molar-refractivity contribution in [2.75, 3.05) is 25.0 Å². The average Bonchev–Trinajstić information content (AvgIpc) is 3.46. The lowest BCUT2D eigenvalue weighted by atomic mass is 9.84. The third-order valence-corrected chi connectivity index (χ3v) is 9.18. The molecule has 3 aliphatic rings. The fourth-order valence-electron chi connectivity index (χ4n) is 4.38. The number of thiazole rings is 1. The molecule has 1 saturated heterocycles. The van der Waals surface area contributed by atoms with Crippen molar-refractivity contribution >= 4 is 38.3 Å². The number of hydrogen-bond acceptors (Lipinski definition) is 6. The Labute approximate surface area is 175 Å². The number of anilines is 1. The molecule has 2 amide bonds. The van der Waals surface area contributed by atoms with E-state index in [0.29, 0.717) is 30.3 Å². The van der Waals surface area contributed by atoms with Crippen molar-refractivity contribution in [3.05, 3.63) is 11.6 Å². The summed E-state index contributed by atoms with van der Waals surface area (Å²) in [5, 5.41) is 4.83. The third kappa shape index (κ3) is 4.80. The van der Waals surface area contributed by atoms with Crippen LogP contribution in [0, 0.1) is 5.92 Å². The summed E-state index contributed by atoms with van der Waals surface area (Å²) >= 11 is 1.34. The van der Waals surface area contributed by atoms with Crippen LogP contribution in [0.15, 0.2) is 11.6 Å². The van der Waals surface area contributed by atoms with Crippen LogP contribution in [0.3, 0.4) is 0 Å². The normalized spacial score (nSPS) is 23.2. The predicted molar refractivity (Wildman–Crippen MR) is 111 cm³/mol. The number of rotatable bonds is 7. The SMILES string of the molecule is O=C(Nc1nccs1)[C@H](CC1CCCCC1)N1CCN(S(=O)(=O)C2CC2)CC1=O. The molecular formula is C19H28N4O4S2. The maximum absolute atomic E-state index is 13.1. The number of hydrogen-bond donors (Lipinski definition) is 1. The van der Waals surface area contributed by atoms with Gasteiger partial charge in [-0.05, 0) is 25.2 Å². The summed E-state index contributed by atoms with van der Waals surface area (Å²) in [4.78, 5) is 31.7. The molecule has 0 radical (unpaired) electrons. The smallest absolute Gasteiger partial charge is 0.248 e. The second-order valence-corrected chi connectivity index (χ2v) is 11.4. The topological polar surface area (TPSA) is 99.7 Å². The van der Waals surface area contributed by atoms with Crippen molar-refractivity contribution in [1.82, 2.24) is 14.2 Å². The third-order valence-electron chi connectivity index (χ3n) is 6.15. The summed E-state index contributed by atoms with van der Waals surface area (Å²) in [5.74, 6) is -0.0928. The zero-order valence-corrected chi connectivity index (χ0v) is 18.1. The van der Waals surface area contributed by atoms with Crippen LogP contribution in [0.1, 0.15) is 51.4 Å². The first-order chi connectivity index (χ1) is 13.9. The van der Waals surface area contributed by atoms with E-state index in [-0.39, 0.29) is 36.7 Å². The molecule has 10 heteroatoms. The number of piperazine rings is 1. The molecule has 0 aromatic carbocycles. The van der Waals surface area contributed by atoms with Crippen molar-refractivity contribution in [3.8, 4) is 0 Å². The van der Waals surface area contributed by atoms with Gasteiger partial charge in [-0.15, -0.1) is 11.3 Å². The van der Waals surface area contributed by atoms with E-state index >= 15 is 0 Å². The molecule has 0 bridgehead atoms. The Kier molecular flexibility index (Phi) is 6.21. The van der Waals surface area contributed by atoms with Crippen LogP contribution in [0.4, 0.5) is 5.13 Å². The molecule has 29 heavy (non-hydrogen) atoms. The first-order valence-corrected chi connectivity index (χ1v) is 12.8. The zero-order valence-electron chi connectivity index (χ0n) is 16.5. The van der Waals surface area contributed by atoms with Crippen molar-refractivity contribution in [1.29, 1.82) is 0 Å². The van der Waals surface area contributed by atoms with Crippen molar-refractivity contribution in [3.63, 3.8) is 0 Å². The molecule has 3 fully saturated rings. The standard InChI is InChI=1S/C19H28N4O4S2/c24-17-13-22(29(26,27)15-6-7-15)9-10-23(17)16(12-14-4-2-1-3-5-14)18(25)21-19-20-8-11-28-19/h8,11,14-16H,1-7,9-10,12-13H2,(H,20,21,25)/t16-/m0/s1. The maximum Gasteiger partial charge on any atom is 0.248 e. The highest BCUT2D eigenvalue weighted by Crippen LogP contribution is 2.33. The van der Waals surface area contributed by atoms with Gasteiger partial charge in [0.25, 0.3) is 0 Å². The van der Waals surface area contributed by atoms with Gasteiger partial charge in [-0.25, -0.2) is 13.4 Å². The Morgan fingerprint density at radius 2 is 1.97 bits per heavy atom. The van der Waals surface area contributed by atoms with E-state index < -0.39 is 16.1 Å². The summed E-state index contributed by atoms with van der Waals surface area (Å²) in [6.07, 6.45) is 9.30. The molecule has 1 aromatic heterocycles. The lowest BCUT2D eigenvalue weighted by molar-refractivity contribution is -0.142. The highest BCUT2D eigenvalue weighted by atomic mass is 32.2. The van der Waals surface area contributed by atoms with E-state index in [1.165, 1.54) is 22.1 Å². The molecule has 4 rings (SSSR count). The van der Waals surface area contributed by atoms with Gasteiger partial charge in [-0.1, -0.05) is 32.1 Å². The molecule has 2 saturated carbocycles. The van der Waals surface area contributed by atoms with Crippen LogP contribution in [0.2, 0.25) is 0 Å². The Morgan fingerprint density at radius 1 is 1.21 bits per heavy atom. The quantitative estimate of drug-likeness (QED) is 0.700. The van der Waals surface area contributed by atoms with Gasteiger partial charge in [-0.3, -0.25) is 9.59 Å². The minimum Gasteiger partial charge on any atom is -0.328 e. The second-order valence-electron chi connectivity index (χ2n) is 8.25. The van der Waals surface area contributed by atoms with Gasteiger partial charge in [0, 0.05) is 24.7 Å². The van der Waals surface area contributed by atoms with E-state index in [9.17, 15) is 18.0 Å². The Balaban J connectivity index is 1.47. The first kappa shape index (κ1) is 20.7. The van der Waals surface area contributed by atoms with Crippen molar-refractivity contribution in [2.24, 2.45) is 5.92 Å². The van der Waals surface area contributed by atoms with E-state index in [4.69, 9.17) is 0 Å². The number of carbonyl (C=O) groups excluding carboxylic acids is 2. The lowest BCUT2D eigenvalue weighted by Gasteiger charge is -2.39. The monoisotopic (exact) mass is 440 g/mol. The summed E-state index contributed by atoms with van der Waals surface area (Å²) in [7, 11) is -3.38. The van der Waals surface area contributed by atoms with Crippen LogP contribution in [0.5, 0.6) is 0 Å². The summed E-state index contributed by atoms with van der Waals surface area (Å²) in [6, 6.07) is -0.583. The zero-order chi connectivity index (χ0) is 20.4. The molecule has 1 N–H and O–H groups in total. The molecule has 1 aliphatic heterocycles. The van der Waals surface area contributed by atoms with Crippen LogP contribution in [-0.2, 0) is 19.6 Å². The fourth-order valence-corrected chi connectivity index (χ4v) is 6.69. The molecule has 160 valence electrons. The highest BCUT2D eigenvalue weighted by molar-refractivity contribution is 7.90. The number of carbonyl (C=O) groups is 2. The summed E-state index contributed by atoms with van der Waals surface area (Å²) < 4.78 is 26.3. The Morgan fingerprint density at radius 3 is 2.59 bits per heavy atom. The van der Waals surface area contributed by atoms with Gasteiger partial charge in [0.05, 0.1) is 11.8 Å². The molecule has 1 atom stereocenters. The number of aromatic nitrogens is 1. The minimum absolute atomic E-state index is 0.162. The first-order valence-electron chi connectivity index (χ1n) is 10.4. The average molecular weight is 441 g/mol. The van der Waals surface area contributed by atoms with Crippen LogP contribution in [-0.4, -0.2) is 65.3 Å². The number of amides is 2. The largest absolute Gasteiger partial charge is 0.328 e. The molecule has 2 heterocycles. The highest BCUT2D eigenvalue weighted by Gasteiger charge is 2.44. The number of sulfonamides is 1. The van der Waals surface area contributed by atoms with Crippen LogP contribution in [0.25, 0.3) is 0 Å². The van der Waals surface area contributed by atoms with Gasteiger partial charge >= 0.3 is 0 Å². The molecule has 0 spiro atoms. The van der Waals surface area contributed by atoms with Gasteiger partial charge in [0.15, 0.2) is 5.13 Å². The molecular weight excluding hydrogens is 412 g/mol. The van der Waals surface area contributed by atoms with Gasteiger partial charge in [-0.2, -0.15) is 4.31 Å². The van der Waals surface area contributed by atoms with Crippen LogP contribution < -0.4 is 5.32 Å². The predicted octanol–water partition coefficient (Wildman–Crippen LogP) is 2.06. The van der Waals surface area contributed by atoms with E-state index in [0.717, 1.165) is 25.7 Å². The number of nitrogens with zero attached hydrogens (tertiary/aromatic N) is 3.